The van der Waals surface area contributed by atoms with E-state index in [1.165, 1.54) is 27.7 Å². The highest BCUT2D eigenvalue weighted by Crippen LogP contribution is 2.56. The third-order valence-corrected chi connectivity index (χ3v) is 17.4. The Morgan fingerprint density at radius 3 is 2.30 bits per heavy atom. The number of hydrogen-bond acceptors (Lipinski definition) is 9. The molecule has 2 aliphatic carbocycles. The number of hydrogen-bond donors (Lipinski definition) is 1. The number of nitrogens with zero attached hydrogens (tertiary/aromatic N) is 6. The van der Waals surface area contributed by atoms with Crippen molar-refractivity contribution in [2.75, 3.05) is 46.1 Å². The average Bonchev–Trinajstić information content (AvgIpc) is 4.18. The van der Waals surface area contributed by atoms with Crippen LogP contribution in [0.15, 0.2) is 119 Å². The number of carbonyl (C=O) groups excluding carboxylic acids is 2. The second-order valence-electron chi connectivity index (χ2n) is 22.3. The number of morpholine rings is 1. The molecule has 2 aliphatic heterocycles. The van der Waals surface area contributed by atoms with Crippen LogP contribution in [0, 0.1) is 12.8 Å². The number of pyridine rings is 2. The van der Waals surface area contributed by atoms with Crippen LogP contribution in [0.3, 0.4) is 0 Å². The number of benzene rings is 3. The van der Waals surface area contributed by atoms with Crippen molar-refractivity contribution in [1.29, 1.82) is 0 Å². The van der Waals surface area contributed by atoms with Crippen LogP contribution in [-0.4, -0.2) is 98.7 Å². The fourth-order valence-corrected chi connectivity index (χ4v) is 13.0. The molecule has 6 aromatic rings. The normalized spacial score (nSPS) is 19.5. The minimum Gasteiger partial charge on any atom is -0.402 e. The number of Topliss-reactive ketones (excluding diaryl/α,β-unsaturated/α-hetero) is 1. The molecule has 12 nitrogen and oxygen atoms in total. The van der Waals surface area contributed by atoms with Gasteiger partial charge >= 0.3 is 0 Å². The highest BCUT2D eigenvalue weighted by Gasteiger charge is 2.42. The van der Waals surface area contributed by atoms with Crippen molar-refractivity contribution in [2.24, 2.45) is 18.7 Å². The average molecular weight is 1060 g/mol. The molecule has 4 fully saturated rings. The number of amides is 1. The van der Waals surface area contributed by atoms with Gasteiger partial charge in [0.1, 0.15) is 5.82 Å². The second kappa shape index (κ2) is 23.8. The number of fused-ring (bicyclic) bond motifs is 1. The molecule has 5 unspecified atom stereocenters. The van der Waals surface area contributed by atoms with Crippen molar-refractivity contribution < 1.29 is 19.1 Å². The zero-order chi connectivity index (χ0) is 53.9. The number of nitrogens with two attached hydrogens (primary N) is 1. The molecule has 77 heavy (non-hydrogen) atoms. The molecule has 2 saturated carbocycles. The maximum absolute atomic E-state index is 15.4. The second-order valence-corrected chi connectivity index (χ2v) is 22.7. The van der Waals surface area contributed by atoms with Crippen LogP contribution in [0.1, 0.15) is 146 Å². The van der Waals surface area contributed by atoms with E-state index >= 15 is 4.79 Å². The van der Waals surface area contributed by atoms with Gasteiger partial charge in [0, 0.05) is 105 Å². The zero-order valence-corrected chi connectivity index (χ0v) is 46.7. The molecule has 0 bridgehead atoms. The maximum Gasteiger partial charge on any atom is 0.255 e. The molecule has 2 N–H and O–H groups in total. The quantitative estimate of drug-likeness (QED) is 0.0621. The lowest BCUT2D eigenvalue weighted by Crippen LogP contribution is -2.49. The highest BCUT2D eigenvalue weighted by molar-refractivity contribution is 6.31. The minimum atomic E-state index is -0.203. The van der Waals surface area contributed by atoms with Crippen LogP contribution in [-0.2, 0) is 40.7 Å². The topological polar surface area (TPSA) is 138 Å². The molecule has 5 heterocycles. The fourth-order valence-electron chi connectivity index (χ4n) is 12.7. The number of carbonyl (C=O) groups is 2. The molecule has 5 atom stereocenters. The van der Waals surface area contributed by atoms with E-state index in [0.29, 0.717) is 48.1 Å². The summed E-state index contributed by atoms with van der Waals surface area (Å²) in [5, 5.41) is 0.782. The number of halogens is 1. The van der Waals surface area contributed by atoms with E-state index in [2.05, 4.69) is 88.9 Å². The van der Waals surface area contributed by atoms with E-state index in [-0.39, 0.29) is 47.1 Å². The maximum atomic E-state index is 15.4. The predicted octanol–water partition coefficient (Wildman–Crippen LogP) is 11.1. The number of rotatable bonds is 19. The molecule has 13 heteroatoms. The van der Waals surface area contributed by atoms with Gasteiger partial charge in [-0.2, -0.15) is 0 Å². The highest BCUT2D eigenvalue weighted by atomic mass is 35.5. The number of imidazole rings is 1. The minimum absolute atomic E-state index is 0.0588. The number of ether oxygens (including phenoxy) is 2. The first-order valence-corrected chi connectivity index (χ1v) is 28.5. The van der Waals surface area contributed by atoms with E-state index in [0.717, 1.165) is 134 Å². The van der Waals surface area contributed by atoms with E-state index in [9.17, 15) is 9.59 Å². The van der Waals surface area contributed by atoms with Crippen molar-refractivity contribution in [3.05, 3.63) is 180 Å². The summed E-state index contributed by atoms with van der Waals surface area (Å²) in [5.74, 6) is 1.49. The monoisotopic (exact) mass is 1060 g/mol. The number of aryl methyl sites for hydroxylation is 4. The molecular formula is C64H76ClN7O5. The van der Waals surface area contributed by atoms with Crippen LogP contribution in [0.2, 0.25) is 5.02 Å². The van der Waals surface area contributed by atoms with Crippen LogP contribution in [0.4, 0.5) is 0 Å². The molecule has 3 aromatic heterocycles. The Labute approximate surface area is 459 Å². The summed E-state index contributed by atoms with van der Waals surface area (Å²) in [4.78, 5) is 56.0. The van der Waals surface area contributed by atoms with E-state index in [1.807, 2.05) is 24.4 Å². The smallest absolute Gasteiger partial charge is 0.255 e. The first kappa shape index (κ1) is 54.2. The predicted molar refractivity (Wildman–Crippen MR) is 306 cm³/mol. The van der Waals surface area contributed by atoms with Gasteiger partial charge in [-0.1, -0.05) is 78.7 Å². The molecule has 1 amide bonds. The van der Waals surface area contributed by atoms with Crippen LogP contribution in [0.5, 0.6) is 0 Å². The van der Waals surface area contributed by atoms with Crippen molar-refractivity contribution >= 4 is 39.9 Å². The van der Waals surface area contributed by atoms with E-state index in [1.54, 1.807) is 40.1 Å². The van der Waals surface area contributed by atoms with Gasteiger partial charge in [0.15, 0.2) is 5.78 Å². The molecule has 0 radical (unpaired) electrons. The summed E-state index contributed by atoms with van der Waals surface area (Å²) in [6, 6.07) is 29.5. The van der Waals surface area contributed by atoms with Crippen molar-refractivity contribution in [3.63, 3.8) is 0 Å². The summed E-state index contributed by atoms with van der Waals surface area (Å²) in [7, 11) is 1.73. The van der Waals surface area contributed by atoms with Gasteiger partial charge in [0.25, 0.3) is 11.5 Å². The first-order chi connectivity index (χ1) is 37.3. The van der Waals surface area contributed by atoms with Crippen molar-refractivity contribution in [2.45, 2.75) is 129 Å². The molecule has 4 aliphatic rings. The third kappa shape index (κ3) is 11.8. The summed E-state index contributed by atoms with van der Waals surface area (Å²) in [5.41, 5.74) is 19.3. The lowest BCUT2D eigenvalue weighted by molar-refractivity contribution is -0.111. The van der Waals surface area contributed by atoms with Gasteiger partial charge in [0.05, 0.1) is 35.9 Å². The Hall–Kier alpha value is -6.18. The van der Waals surface area contributed by atoms with Gasteiger partial charge in [-0.05, 0) is 161 Å². The number of ketones is 1. The Balaban J connectivity index is 0.892. The lowest BCUT2D eigenvalue weighted by Gasteiger charge is -2.43. The summed E-state index contributed by atoms with van der Waals surface area (Å²) < 4.78 is 15.5. The summed E-state index contributed by atoms with van der Waals surface area (Å²) in [6.07, 6.45) is 12.2. The summed E-state index contributed by atoms with van der Waals surface area (Å²) in [6.45, 7) is 15.5. The van der Waals surface area contributed by atoms with Crippen molar-refractivity contribution in [1.82, 2.24) is 28.9 Å². The largest absolute Gasteiger partial charge is 0.402 e. The Bertz CT molecular complexity index is 3200. The van der Waals surface area contributed by atoms with Crippen LogP contribution in [0.25, 0.3) is 16.6 Å². The zero-order valence-electron chi connectivity index (χ0n) is 45.9. The third-order valence-electron chi connectivity index (χ3n) is 17.1. The van der Waals surface area contributed by atoms with Crippen molar-refractivity contribution in [3.8, 4) is 0 Å². The van der Waals surface area contributed by atoms with Crippen LogP contribution >= 0.6 is 11.6 Å². The fraction of sp³-hybridized carbons (Fsp3) is 0.453. The van der Waals surface area contributed by atoms with E-state index in [4.69, 9.17) is 36.8 Å². The molecule has 2 saturated heterocycles. The summed E-state index contributed by atoms with van der Waals surface area (Å²) >= 11 is 7.22. The van der Waals surface area contributed by atoms with Gasteiger partial charge in [-0.25, -0.2) is 4.98 Å². The first-order valence-electron chi connectivity index (χ1n) is 28.1. The molecule has 10 rings (SSSR count). The standard InChI is InChI=1S/C64H76ClN7O5/c1-7-51(45-14-11-15-45)62(47-24-28-76-29-25-47)72(64(75)50-32-40(2)63(74)69(6)38-50)39-55(46-12-9-8-10-13-46)57-21-18-49(36-67-57)53-35-54(53)52-20-16-44(33-56(52)65)17-23-60-68-58-34-48(61(42(4)66)43(5)73)19-22-59(58)71(60)37-41(3)70-26-30-77-31-27-70/h8-10,12-13,16,18-22,32-34,36,38,41,47,53-55,62H,7,11,14-15,17,23-31,35,37,39,66H2,1-6H3/b61-42+. The Morgan fingerprint density at radius 2 is 1.65 bits per heavy atom. The van der Waals surface area contributed by atoms with E-state index < -0.39 is 0 Å². The lowest BCUT2D eigenvalue weighted by atomic mass is 9.77. The Morgan fingerprint density at radius 1 is 0.896 bits per heavy atom. The number of aromatic nitrogens is 4. The SMILES string of the molecule is CCC(=C1CCC1)C(C1CCOCC1)N(CC(c1ccccc1)c1ccc(C2CC2c2ccc(CCc3nc4cc(/C(C(C)=O)=C(\C)N)ccc4n3CC(C)N3CCOCC3)cc2Cl)cn1)C(=O)c1cc(C)c(=O)n(C)c1. The molecule has 404 valence electrons. The Kier molecular flexibility index (Phi) is 16.8. The molecular weight excluding hydrogens is 982 g/mol. The van der Waals surface area contributed by atoms with Gasteiger partial charge in [-0.3, -0.25) is 24.3 Å². The molecule has 3 aromatic carbocycles. The van der Waals surface area contributed by atoms with Crippen LogP contribution < -0.4 is 11.3 Å². The van der Waals surface area contributed by atoms with Gasteiger partial charge < -0.3 is 29.2 Å². The van der Waals surface area contributed by atoms with Gasteiger partial charge in [0.2, 0.25) is 0 Å². The molecule has 0 spiro atoms. The van der Waals surface area contributed by atoms with Gasteiger partial charge in [-0.15, -0.1) is 0 Å². The number of allylic oxidation sites excluding steroid dienone is 3.